The topological polar surface area (TPSA) is 44.7 Å². The van der Waals surface area contributed by atoms with Crippen molar-refractivity contribution in [2.45, 2.75) is 45.6 Å². The van der Waals surface area contributed by atoms with Crippen molar-refractivity contribution in [3.05, 3.63) is 0 Å². The van der Waals surface area contributed by atoms with Gasteiger partial charge in [0.2, 0.25) is 0 Å². The molecule has 0 saturated carbocycles. The molecule has 0 amide bonds. The highest BCUT2D eigenvalue weighted by atomic mass is 16.5. The fraction of sp³-hybridized carbons (Fsp3) is 1.00. The molecule has 0 aromatic heterocycles. The third-order valence-corrected chi connectivity index (χ3v) is 3.78. The van der Waals surface area contributed by atoms with Gasteiger partial charge in [0, 0.05) is 19.7 Å². The number of piperidine rings is 1. The van der Waals surface area contributed by atoms with Crippen molar-refractivity contribution in [2.75, 3.05) is 45.9 Å². The molecule has 0 aromatic rings. The number of rotatable bonds is 10. The number of unbranched alkanes of at least 4 members (excludes halogenated alkanes) is 1. The van der Waals surface area contributed by atoms with Crippen LogP contribution in [0.5, 0.6) is 0 Å². The predicted molar refractivity (Wildman–Crippen MR) is 79.4 cm³/mol. The zero-order chi connectivity index (χ0) is 13.9. The first-order valence-corrected chi connectivity index (χ1v) is 7.95. The number of nitrogens with one attached hydrogen (secondary N) is 1. The Morgan fingerprint density at radius 1 is 1.42 bits per heavy atom. The van der Waals surface area contributed by atoms with E-state index in [1.807, 2.05) is 0 Å². The minimum Gasteiger partial charge on any atom is -0.389 e. The fourth-order valence-electron chi connectivity index (χ4n) is 2.59. The van der Waals surface area contributed by atoms with Crippen LogP contribution in [0.1, 0.15) is 39.5 Å². The molecule has 2 unspecified atom stereocenters. The highest BCUT2D eigenvalue weighted by Crippen LogP contribution is 2.12. The zero-order valence-corrected chi connectivity index (χ0v) is 12.7. The van der Waals surface area contributed by atoms with Crippen LogP contribution in [0.2, 0.25) is 0 Å². The zero-order valence-electron chi connectivity index (χ0n) is 12.7. The highest BCUT2D eigenvalue weighted by Gasteiger charge is 2.18. The Hall–Kier alpha value is -0.160. The van der Waals surface area contributed by atoms with E-state index in [9.17, 15) is 5.11 Å². The average molecular weight is 272 g/mol. The lowest BCUT2D eigenvalue weighted by atomic mass is 9.99. The molecule has 1 aliphatic rings. The normalized spacial score (nSPS) is 21.8. The van der Waals surface area contributed by atoms with Crippen LogP contribution in [0.15, 0.2) is 0 Å². The molecular weight excluding hydrogens is 240 g/mol. The van der Waals surface area contributed by atoms with E-state index in [4.69, 9.17) is 4.74 Å². The van der Waals surface area contributed by atoms with Crippen molar-refractivity contribution in [3.63, 3.8) is 0 Å². The molecule has 0 spiro atoms. The average Bonchev–Trinajstić information content (AvgIpc) is 2.44. The molecule has 0 aliphatic carbocycles. The van der Waals surface area contributed by atoms with Crippen molar-refractivity contribution < 1.29 is 9.84 Å². The number of aliphatic hydroxyl groups is 1. The molecule has 114 valence electrons. The summed E-state index contributed by atoms with van der Waals surface area (Å²) in [6.07, 6.45) is 4.47. The largest absolute Gasteiger partial charge is 0.389 e. The van der Waals surface area contributed by atoms with E-state index in [0.29, 0.717) is 6.61 Å². The first kappa shape index (κ1) is 16.9. The third-order valence-electron chi connectivity index (χ3n) is 3.78. The molecule has 0 bridgehead atoms. The first-order chi connectivity index (χ1) is 9.26. The summed E-state index contributed by atoms with van der Waals surface area (Å²) < 4.78 is 5.48. The Labute approximate surface area is 118 Å². The van der Waals surface area contributed by atoms with Crippen LogP contribution in [-0.2, 0) is 4.74 Å². The van der Waals surface area contributed by atoms with Crippen LogP contribution in [-0.4, -0.2) is 62.0 Å². The maximum absolute atomic E-state index is 10.00. The molecule has 4 nitrogen and oxygen atoms in total. The van der Waals surface area contributed by atoms with E-state index in [2.05, 4.69) is 24.1 Å². The summed E-state index contributed by atoms with van der Waals surface area (Å²) in [5.74, 6) is 0.738. The van der Waals surface area contributed by atoms with Crippen LogP contribution in [0.25, 0.3) is 0 Å². The Morgan fingerprint density at radius 2 is 2.26 bits per heavy atom. The fourth-order valence-corrected chi connectivity index (χ4v) is 2.59. The number of aliphatic hydroxyl groups excluding tert-OH is 1. The van der Waals surface area contributed by atoms with Crippen molar-refractivity contribution in [3.8, 4) is 0 Å². The second-order valence-electron chi connectivity index (χ2n) is 5.65. The second-order valence-corrected chi connectivity index (χ2v) is 5.65. The summed E-state index contributed by atoms with van der Waals surface area (Å²) >= 11 is 0. The van der Waals surface area contributed by atoms with Crippen LogP contribution >= 0.6 is 0 Å². The lowest BCUT2D eigenvalue weighted by Gasteiger charge is -2.30. The maximum Gasteiger partial charge on any atom is 0.0900 e. The second kappa shape index (κ2) is 10.6. The minimum atomic E-state index is -0.353. The first-order valence-electron chi connectivity index (χ1n) is 7.95. The molecule has 4 heteroatoms. The third kappa shape index (κ3) is 7.88. The molecule has 2 atom stereocenters. The molecule has 1 saturated heterocycles. The van der Waals surface area contributed by atoms with Gasteiger partial charge >= 0.3 is 0 Å². The summed E-state index contributed by atoms with van der Waals surface area (Å²) in [5.41, 5.74) is 0. The molecule has 2 N–H and O–H groups in total. The van der Waals surface area contributed by atoms with Gasteiger partial charge in [-0.3, -0.25) is 0 Å². The molecule has 19 heavy (non-hydrogen) atoms. The molecule has 1 aliphatic heterocycles. The molecular formula is C15H32N2O2. The minimum absolute atomic E-state index is 0.353. The highest BCUT2D eigenvalue weighted by molar-refractivity contribution is 4.74. The van der Waals surface area contributed by atoms with Crippen LogP contribution in [0.3, 0.4) is 0 Å². The summed E-state index contributed by atoms with van der Waals surface area (Å²) in [6, 6.07) is 0. The van der Waals surface area contributed by atoms with Gasteiger partial charge in [-0.2, -0.15) is 0 Å². The number of hydrogen-bond donors (Lipinski definition) is 2. The SMILES string of the molecule is CCCCOCC(O)CN(CC)CC1CCCNC1. The number of ether oxygens (including phenoxy) is 1. The predicted octanol–water partition coefficient (Wildman–Crippen LogP) is 1.49. The standard InChI is InChI=1S/C15H32N2O2/c1-3-5-9-19-13-15(18)12-17(4-2)11-14-7-6-8-16-10-14/h14-16,18H,3-13H2,1-2H3. The van der Waals surface area contributed by atoms with Gasteiger partial charge in [-0.25, -0.2) is 0 Å². The summed E-state index contributed by atoms with van der Waals surface area (Å²) in [6.45, 7) is 10.7. The summed E-state index contributed by atoms with van der Waals surface area (Å²) in [7, 11) is 0. The van der Waals surface area contributed by atoms with Crippen LogP contribution in [0.4, 0.5) is 0 Å². The number of likely N-dealkylation sites (N-methyl/N-ethyl adjacent to an activating group) is 1. The van der Waals surface area contributed by atoms with Crippen LogP contribution < -0.4 is 5.32 Å². The molecule has 0 radical (unpaired) electrons. The molecule has 1 heterocycles. The number of nitrogens with zero attached hydrogens (tertiary/aromatic N) is 1. The van der Waals surface area contributed by atoms with Gasteiger partial charge in [-0.1, -0.05) is 20.3 Å². The Kier molecular flexibility index (Phi) is 9.43. The van der Waals surface area contributed by atoms with Gasteiger partial charge in [0.15, 0.2) is 0 Å². The van der Waals surface area contributed by atoms with Crippen molar-refractivity contribution in [2.24, 2.45) is 5.92 Å². The van der Waals surface area contributed by atoms with E-state index >= 15 is 0 Å². The monoisotopic (exact) mass is 272 g/mol. The summed E-state index contributed by atoms with van der Waals surface area (Å²) in [4.78, 5) is 2.35. The van der Waals surface area contributed by atoms with Gasteiger partial charge < -0.3 is 20.1 Å². The quantitative estimate of drug-likeness (QED) is 0.591. The number of hydrogen-bond acceptors (Lipinski definition) is 4. The van der Waals surface area contributed by atoms with E-state index in [0.717, 1.165) is 58.1 Å². The summed E-state index contributed by atoms with van der Waals surface area (Å²) in [5, 5.41) is 13.4. The van der Waals surface area contributed by atoms with E-state index < -0.39 is 0 Å². The van der Waals surface area contributed by atoms with Gasteiger partial charge in [0.25, 0.3) is 0 Å². The molecule has 1 rings (SSSR count). The Bertz CT molecular complexity index is 208. The van der Waals surface area contributed by atoms with Gasteiger partial charge in [0.1, 0.15) is 0 Å². The lowest BCUT2D eigenvalue weighted by Crippen LogP contribution is -2.42. The van der Waals surface area contributed by atoms with Crippen LogP contribution in [0, 0.1) is 5.92 Å². The van der Waals surface area contributed by atoms with Crippen molar-refractivity contribution in [1.82, 2.24) is 10.2 Å². The van der Waals surface area contributed by atoms with Crippen molar-refractivity contribution >= 4 is 0 Å². The smallest absolute Gasteiger partial charge is 0.0900 e. The maximum atomic E-state index is 10.00. The van der Waals surface area contributed by atoms with E-state index in [-0.39, 0.29) is 6.10 Å². The van der Waals surface area contributed by atoms with E-state index in [1.165, 1.54) is 12.8 Å². The Morgan fingerprint density at radius 3 is 2.89 bits per heavy atom. The van der Waals surface area contributed by atoms with Gasteiger partial charge in [-0.05, 0) is 44.8 Å². The van der Waals surface area contributed by atoms with E-state index in [1.54, 1.807) is 0 Å². The molecule has 1 fully saturated rings. The van der Waals surface area contributed by atoms with Crippen molar-refractivity contribution in [1.29, 1.82) is 0 Å². The van der Waals surface area contributed by atoms with Gasteiger partial charge in [0.05, 0.1) is 12.7 Å². The molecule has 0 aromatic carbocycles. The lowest BCUT2D eigenvalue weighted by molar-refractivity contribution is 0.0136. The Balaban J connectivity index is 2.15. The van der Waals surface area contributed by atoms with Gasteiger partial charge in [-0.15, -0.1) is 0 Å².